The van der Waals surface area contributed by atoms with Crippen molar-refractivity contribution in [1.29, 1.82) is 0 Å². The Morgan fingerprint density at radius 3 is 2.80 bits per heavy atom. The van der Waals surface area contributed by atoms with Gasteiger partial charge in [-0.1, -0.05) is 6.07 Å². The van der Waals surface area contributed by atoms with Crippen LogP contribution in [0.3, 0.4) is 0 Å². The predicted molar refractivity (Wildman–Crippen MR) is 97.3 cm³/mol. The van der Waals surface area contributed by atoms with E-state index in [9.17, 15) is 8.42 Å². The summed E-state index contributed by atoms with van der Waals surface area (Å²) < 4.78 is 29.6. The maximum Gasteiger partial charge on any atom is 0.281 e. The van der Waals surface area contributed by atoms with Crippen molar-refractivity contribution in [3.63, 3.8) is 0 Å². The monoisotopic (exact) mass is 363 g/mol. The first-order chi connectivity index (χ1) is 11.9. The molecule has 1 aliphatic heterocycles. The SMILES string of the molecule is CCn1nccc1-c1cccc([C@H]2CCCN(S(=O)(=O)N(C)C)C2)n1. The molecule has 0 bridgehead atoms. The molecular weight excluding hydrogens is 338 g/mol. The molecule has 3 heterocycles. The fraction of sp³-hybridized carbons (Fsp3) is 0.529. The summed E-state index contributed by atoms with van der Waals surface area (Å²) in [6.45, 7) is 3.88. The van der Waals surface area contributed by atoms with E-state index in [1.54, 1.807) is 24.6 Å². The summed E-state index contributed by atoms with van der Waals surface area (Å²) in [5, 5.41) is 4.30. The van der Waals surface area contributed by atoms with Crippen LogP contribution in [-0.4, -0.2) is 59.0 Å². The summed E-state index contributed by atoms with van der Waals surface area (Å²) in [7, 11) is -0.234. The Kier molecular flexibility index (Phi) is 5.21. The molecule has 0 aliphatic carbocycles. The minimum Gasteiger partial charge on any atom is -0.264 e. The Hall–Kier alpha value is -1.77. The Bertz CT molecular complexity index is 831. The second-order valence-electron chi connectivity index (χ2n) is 6.47. The molecule has 0 unspecified atom stereocenters. The zero-order chi connectivity index (χ0) is 18.0. The van der Waals surface area contributed by atoms with Crippen molar-refractivity contribution in [3.05, 3.63) is 36.2 Å². The summed E-state index contributed by atoms with van der Waals surface area (Å²) in [5.74, 6) is 0.112. The lowest BCUT2D eigenvalue weighted by atomic mass is 9.95. The van der Waals surface area contributed by atoms with E-state index in [0.29, 0.717) is 13.1 Å². The van der Waals surface area contributed by atoms with Gasteiger partial charge in [0.1, 0.15) is 0 Å². The van der Waals surface area contributed by atoms with E-state index in [1.165, 1.54) is 4.31 Å². The first kappa shape index (κ1) is 18.0. The van der Waals surface area contributed by atoms with E-state index in [-0.39, 0.29) is 5.92 Å². The van der Waals surface area contributed by atoms with Gasteiger partial charge in [-0.15, -0.1) is 0 Å². The highest BCUT2D eigenvalue weighted by molar-refractivity contribution is 7.86. The van der Waals surface area contributed by atoms with Crippen molar-refractivity contribution < 1.29 is 8.42 Å². The molecule has 0 saturated carbocycles. The standard InChI is InChI=1S/C17H25N5O2S/c1-4-22-17(10-11-18-22)16-9-5-8-15(19-16)14-7-6-12-21(13-14)25(23,24)20(2)3/h5,8-11,14H,4,6-7,12-13H2,1-3H3/t14-/m0/s1. The van der Waals surface area contributed by atoms with Crippen molar-refractivity contribution in [2.24, 2.45) is 0 Å². The van der Waals surface area contributed by atoms with Gasteiger partial charge in [-0.2, -0.15) is 22.1 Å². The Morgan fingerprint density at radius 2 is 2.08 bits per heavy atom. The molecule has 3 rings (SSSR count). The first-order valence-electron chi connectivity index (χ1n) is 8.60. The van der Waals surface area contributed by atoms with Crippen LogP contribution in [0, 0.1) is 0 Å². The molecule has 0 radical (unpaired) electrons. The maximum absolute atomic E-state index is 12.4. The number of aryl methyl sites for hydroxylation is 1. The molecule has 0 N–H and O–H groups in total. The molecule has 1 aliphatic rings. The van der Waals surface area contributed by atoms with Gasteiger partial charge >= 0.3 is 0 Å². The molecule has 1 atom stereocenters. The molecule has 2 aromatic rings. The van der Waals surface area contributed by atoms with Crippen molar-refractivity contribution in [1.82, 2.24) is 23.4 Å². The van der Waals surface area contributed by atoms with Crippen LogP contribution >= 0.6 is 0 Å². The van der Waals surface area contributed by atoms with E-state index in [4.69, 9.17) is 4.98 Å². The number of hydrogen-bond acceptors (Lipinski definition) is 4. The molecule has 1 saturated heterocycles. The lowest BCUT2D eigenvalue weighted by Crippen LogP contribution is -2.45. The van der Waals surface area contributed by atoms with Crippen molar-refractivity contribution in [3.8, 4) is 11.4 Å². The zero-order valence-corrected chi connectivity index (χ0v) is 15.8. The van der Waals surface area contributed by atoms with Gasteiger partial charge in [-0.05, 0) is 38.0 Å². The molecule has 0 aromatic carbocycles. The Balaban J connectivity index is 1.86. The summed E-state index contributed by atoms with van der Waals surface area (Å²) in [4.78, 5) is 4.81. The molecule has 0 amide bonds. The molecule has 7 nitrogen and oxygen atoms in total. The van der Waals surface area contributed by atoms with E-state index in [0.717, 1.165) is 36.5 Å². The third-order valence-corrected chi connectivity index (χ3v) is 6.55. The summed E-state index contributed by atoms with van der Waals surface area (Å²) >= 11 is 0. The molecule has 0 spiro atoms. The number of piperidine rings is 1. The van der Waals surface area contributed by atoms with Crippen LogP contribution in [0.4, 0.5) is 0 Å². The van der Waals surface area contributed by atoms with Crippen LogP contribution in [0.5, 0.6) is 0 Å². The van der Waals surface area contributed by atoms with Crippen molar-refractivity contribution in [2.75, 3.05) is 27.2 Å². The average Bonchev–Trinajstić information content (AvgIpc) is 3.10. The average molecular weight is 363 g/mol. The van der Waals surface area contributed by atoms with Gasteiger partial charge in [-0.3, -0.25) is 9.67 Å². The van der Waals surface area contributed by atoms with Crippen LogP contribution in [0.2, 0.25) is 0 Å². The van der Waals surface area contributed by atoms with Crippen LogP contribution in [0.1, 0.15) is 31.4 Å². The molecule has 25 heavy (non-hydrogen) atoms. The number of hydrogen-bond donors (Lipinski definition) is 0. The molecule has 1 fully saturated rings. The third kappa shape index (κ3) is 3.61. The van der Waals surface area contributed by atoms with Gasteiger partial charge in [0, 0.05) is 51.5 Å². The van der Waals surface area contributed by atoms with Crippen molar-refractivity contribution >= 4 is 10.2 Å². The smallest absolute Gasteiger partial charge is 0.264 e. The number of aromatic nitrogens is 3. The summed E-state index contributed by atoms with van der Waals surface area (Å²) in [6.07, 6.45) is 3.57. The van der Waals surface area contributed by atoms with Crippen LogP contribution in [-0.2, 0) is 16.8 Å². The van der Waals surface area contributed by atoms with Crippen LogP contribution in [0.15, 0.2) is 30.5 Å². The minimum absolute atomic E-state index is 0.112. The topological polar surface area (TPSA) is 71.3 Å². The maximum atomic E-state index is 12.4. The molecule has 2 aromatic heterocycles. The van der Waals surface area contributed by atoms with Gasteiger partial charge in [-0.25, -0.2) is 0 Å². The highest BCUT2D eigenvalue weighted by Gasteiger charge is 2.31. The van der Waals surface area contributed by atoms with E-state index < -0.39 is 10.2 Å². The van der Waals surface area contributed by atoms with E-state index in [2.05, 4.69) is 5.10 Å². The number of rotatable bonds is 5. The van der Waals surface area contributed by atoms with E-state index >= 15 is 0 Å². The lowest BCUT2D eigenvalue weighted by molar-refractivity contribution is 0.296. The van der Waals surface area contributed by atoms with Gasteiger partial charge in [0.05, 0.1) is 11.4 Å². The normalized spacial score (nSPS) is 19.4. The quantitative estimate of drug-likeness (QED) is 0.814. The van der Waals surface area contributed by atoms with Gasteiger partial charge in [0.25, 0.3) is 10.2 Å². The Morgan fingerprint density at radius 1 is 1.28 bits per heavy atom. The largest absolute Gasteiger partial charge is 0.281 e. The molecule has 136 valence electrons. The summed E-state index contributed by atoms with van der Waals surface area (Å²) in [5.41, 5.74) is 2.81. The van der Waals surface area contributed by atoms with Gasteiger partial charge in [0.15, 0.2) is 0 Å². The molecule has 8 heteroatoms. The first-order valence-corrected chi connectivity index (χ1v) is 10.00. The van der Waals surface area contributed by atoms with E-state index in [1.807, 2.05) is 35.9 Å². The Labute approximate surface area is 149 Å². The minimum atomic E-state index is -3.38. The number of nitrogens with zero attached hydrogens (tertiary/aromatic N) is 5. The lowest BCUT2D eigenvalue weighted by Gasteiger charge is -2.33. The highest BCUT2D eigenvalue weighted by atomic mass is 32.2. The second-order valence-corrected chi connectivity index (χ2v) is 8.61. The fourth-order valence-electron chi connectivity index (χ4n) is 3.25. The predicted octanol–water partition coefficient (Wildman–Crippen LogP) is 1.95. The number of pyridine rings is 1. The zero-order valence-electron chi connectivity index (χ0n) is 15.0. The second kappa shape index (κ2) is 7.23. The van der Waals surface area contributed by atoms with Gasteiger partial charge < -0.3 is 0 Å². The molecular formula is C17H25N5O2S. The third-order valence-electron chi connectivity index (χ3n) is 4.64. The van der Waals surface area contributed by atoms with Gasteiger partial charge in [0.2, 0.25) is 0 Å². The van der Waals surface area contributed by atoms with Crippen LogP contribution in [0.25, 0.3) is 11.4 Å². The van der Waals surface area contributed by atoms with Crippen molar-refractivity contribution in [2.45, 2.75) is 32.2 Å². The summed E-state index contributed by atoms with van der Waals surface area (Å²) in [6, 6.07) is 7.92. The van der Waals surface area contributed by atoms with Crippen LogP contribution < -0.4 is 0 Å². The highest BCUT2D eigenvalue weighted by Crippen LogP contribution is 2.29. The fourth-order valence-corrected chi connectivity index (χ4v) is 4.44.